The Morgan fingerprint density at radius 1 is 1.05 bits per heavy atom. The summed E-state index contributed by atoms with van der Waals surface area (Å²) < 4.78 is 24.3. The third-order valence-corrected chi connectivity index (χ3v) is 6.25. The molecule has 8 nitrogen and oxygen atoms in total. The van der Waals surface area contributed by atoms with Crippen molar-refractivity contribution in [3.63, 3.8) is 0 Å². The maximum atomic E-state index is 12.1. The summed E-state index contributed by atoms with van der Waals surface area (Å²) in [5.74, 6) is 0.254. The van der Waals surface area contributed by atoms with Crippen LogP contribution in [0.2, 0.25) is 0 Å². The second-order valence-electron chi connectivity index (χ2n) is 5.08. The molecule has 0 fully saturated rings. The van der Waals surface area contributed by atoms with Crippen LogP contribution in [0.5, 0.6) is 0 Å². The van der Waals surface area contributed by atoms with Crippen LogP contribution in [0, 0.1) is 10.1 Å². The summed E-state index contributed by atoms with van der Waals surface area (Å²) in [5.41, 5.74) is 1.28. The van der Waals surface area contributed by atoms with Crippen molar-refractivity contribution in [2.75, 3.05) is 0 Å². The van der Waals surface area contributed by atoms with Gasteiger partial charge in [0.15, 0.2) is 15.7 Å². The van der Waals surface area contributed by atoms with E-state index in [2.05, 4.69) is 15.2 Å². The highest BCUT2D eigenvalue weighted by atomic mass is 32.2. The van der Waals surface area contributed by atoms with Gasteiger partial charge in [0.05, 0.1) is 10.6 Å². The fourth-order valence-electron chi connectivity index (χ4n) is 2.41. The van der Waals surface area contributed by atoms with E-state index in [4.69, 9.17) is 0 Å². The molecule has 1 aliphatic rings. The molecule has 114 valence electrons. The van der Waals surface area contributed by atoms with Gasteiger partial charge < -0.3 is 0 Å². The van der Waals surface area contributed by atoms with Gasteiger partial charge in [-0.3, -0.25) is 10.1 Å². The molecule has 0 saturated heterocycles. The van der Waals surface area contributed by atoms with Gasteiger partial charge in [-0.15, -0.1) is 5.10 Å². The first kappa shape index (κ1) is 14.5. The van der Waals surface area contributed by atoms with Crippen molar-refractivity contribution in [2.45, 2.75) is 24.3 Å². The maximum Gasteiger partial charge on any atom is 0.269 e. The Kier molecular flexibility index (Phi) is 3.17. The van der Waals surface area contributed by atoms with Gasteiger partial charge in [-0.25, -0.2) is 13.4 Å². The van der Waals surface area contributed by atoms with Gasteiger partial charge in [0, 0.05) is 17.7 Å². The molecular weight excluding hydrogens is 308 g/mol. The van der Waals surface area contributed by atoms with Gasteiger partial charge in [-0.2, -0.15) is 5.10 Å². The number of nitro benzene ring substituents is 1. The van der Waals surface area contributed by atoms with Gasteiger partial charge in [0.25, 0.3) is 5.69 Å². The molecule has 0 spiro atoms. The standard InChI is InChI=1S/C13H12N4O4S/c1-7-11-12(8(2)22(7,20)21)15-16-13(14-11)9-3-5-10(6-4-9)17(18)19/h3-8H,1-2H3. The molecule has 9 heteroatoms. The highest BCUT2D eigenvalue weighted by Crippen LogP contribution is 2.42. The van der Waals surface area contributed by atoms with E-state index in [1.807, 2.05) is 0 Å². The van der Waals surface area contributed by atoms with E-state index in [1.54, 1.807) is 13.8 Å². The number of rotatable bonds is 2. The lowest BCUT2D eigenvalue weighted by atomic mass is 10.1. The van der Waals surface area contributed by atoms with Crippen LogP contribution in [0.4, 0.5) is 5.69 Å². The Morgan fingerprint density at radius 3 is 2.23 bits per heavy atom. The fraction of sp³-hybridized carbons (Fsp3) is 0.308. The average Bonchev–Trinajstić information content (AvgIpc) is 2.68. The zero-order valence-electron chi connectivity index (χ0n) is 11.8. The molecule has 0 amide bonds. The number of aromatic nitrogens is 3. The highest BCUT2D eigenvalue weighted by Gasteiger charge is 2.43. The lowest BCUT2D eigenvalue weighted by molar-refractivity contribution is -0.384. The molecule has 22 heavy (non-hydrogen) atoms. The van der Waals surface area contributed by atoms with E-state index in [9.17, 15) is 18.5 Å². The zero-order valence-corrected chi connectivity index (χ0v) is 12.6. The largest absolute Gasteiger partial charge is 0.269 e. The van der Waals surface area contributed by atoms with Gasteiger partial charge in [-0.05, 0) is 26.0 Å². The molecule has 1 aromatic carbocycles. The second kappa shape index (κ2) is 4.80. The second-order valence-corrected chi connectivity index (χ2v) is 7.68. The lowest BCUT2D eigenvalue weighted by Crippen LogP contribution is -2.07. The Labute approximate surface area is 126 Å². The topological polar surface area (TPSA) is 116 Å². The molecule has 1 aliphatic heterocycles. The van der Waals surface area contributed by atoms with Crippen molar-refractivity contribution in [3.05, 3.63) is 45.8 Å². The predicted octanol–water partition coefficient (Wildman–Crippen LogP) is 2.00. The van der Waals surface area contributed by atoms with Gasteiger partial charge >= 0.3 is 0 Å². The van der Waals surface area contributed by atoms with Crippen LogP contribution in [0.15, 0.2) is 24.3 Å². The van der Waals surface area contributed by atoms with Crippen LogP contribution < -0.4 is 0 Å². The first-order chi connectivity index (χ1) is 10.3. The van der Waals surface area contributed by atoms with Crippen LogP contribution in [-0.4, -0.2) is 28.5 Å². The summed E-state index contributed by atoms with van der Waals surface area (Å²) in [6.07, 6.45) is 0. The van der Waals surface area contributed by atoms with Crippen molar-refractivity contribution < 1.29 is 13.3 Å². The summed E-state index contributed by atoms with van der Waals surface area (Å²) in [5, 5.41) is 17.1. The van der Waals surface area contributed by atoms with Crippen molar-refractivity contribution in [1.29, 1.82) is 0 Å². The average molecular weight is 320 g/mol. The monoisotopic (exact) mass is 320 g/mol. The fourth-order valence-corrected chi connectivity index (χ4v) is 3.98. The van der Waals surface area contributed by atoms with Gasteiger partial charge in [0.1, 0.15) is 16.2 Å². The lowest BCUT2D eigenvalue weighted by Gasteiger charge is -2.04. The number of hydrogen-bond donors (Lipinski definition) is 0. The highest BCUT2D eigenvalue weighted by molar-refractivity contribution is 7.92. The number of sulfone groups is 1. The third kappa shape index (κ3) is 2.05. The smallest absolute Gasteiger partial charge is 0.258 e. The number of nitro groups is 1. The van der Waals surface area contributed by atoms with Crippen LogP contribution in [0.1, 0.15) is 35.7 Å². The van der Waals surface area contributed by atoms with E-state index in [0.29, 0.717) is 17.0 Å². The summed E-state index contributed by atoms with van der Waals surface area (Å²) >= 11 is 0. The molecule has 2 aromatic rings. The SMILES string of the molecule is CC1c2nnc(-c3ccc([N+](=O)[O-])cc3)nc2C(C)S1(=O)=O. The summed E-state index contributed by atoms with van der Waals surface area (Å²) in [6.45, 7) is 3.14. The van der Waals surface area contributed by atoms with E-state index >= 15 is 0 Å². The first-order valence-electron chi connectivity index (χ1n) is 6.54. The van der Waals surface area contributed by atoms with Crippen molar-refractivity contribution >= 4 is 15.5 Å². The molecule has 2 unspecified atom stereocenters. The van der Waals surface area contributed by atoms with Crippen LogP contribution in [0.3, 0.4) is 0 Å². The van der Waals surface area contributed by atoms with Crippen molar-refractivity contribution in [1.82, 2.24) is 15.2 Å². The minimum atomic E-state index is -3.33. The number of non-ortho nitro benzene ring substituents is 1. The van der Waals surface area contributed by atoms with Crippen LogP contribution in [-0.2, 0) is 9.84 Å². The summed E-state index contributed by atoms with van der Waals surface area (Å²) in [4.78, 5) is 14.5. The van der Waals surface area contributed by atoms with Crippen LogP contribution >= 0.6 is 0 Å². The molecular formula is C13H12N4O4S. The van der Waals surface area contributed by atoms with E-state index in [1.165, 1.54) is 24.3 Å². The van der Waals surface area contributed by atoms with E-state index in [0.717, 1.165) is 0 Å². The molecule has 2 heterocycles. The van der Waals surface area contributed by atoms with Gasteiger partial charge in [-0.1, -0.05) is 0 Å². The van der Waals surface area contributed by atoms with Crippen molar-refractivity contribution in [2.24, 2.45) is 0 Å². The molecule has 0 radical (unpaired) electrons. The minimum Gasteiger partial charge on any atom is -0.258 e. The Morgan fingerprint density at radius 2 is 1.64 bits per heavy atom. The first-order valence-corrected chi connectivity index (χ1v) is 8.15. The number of nitrogens with zero attached hydrogens (tertiary/aromatic N) is 4. The normalized spacial score (nSPS) is 22.3. The molecule has 0 bridgehead atoms. The predicted molar refractivity (Wildman–Crippen MR) is 77.7 cm³/mol. The zero-order chi connectivity index (χ0) is 16.1. The minimum absolute atomic E-state index is 0.0394. The van der Waals surface area contributed by atoms with E-state index < -0.39 is 25.3 Å². The molecule has 0 N–H and O–H groups in total. The Hall–Kier alpha value is -2.42. The number of fused-ring (bicyclic) bond motifs is 1. The molecule has 1 aromatic heterocycles. The number of hydrogen-bond acceptors (Lipinski definition) is 7. The van der Waals surface area contributed by atoms with Crippen molar-refractivity contribution in [3.8, 4) is 11.4 Å². The Bertz CT molecular complexity index is 864. The molecule has 3 rings (SSSR count). The Balaban J connectivity index is 2.06. The maximum absolute atomic E-state index is 12.1. The third-order valence-electron chi connectivity index (χ3n) is 3.83. The quantitative estimate of drug-likeness (QED) is 0.613. The summed E-state index contributed by atoms with van der Waals surface area (Å²) in [7, 11) is -3.33. The number of benzene rings is 1. The molecule has 0 saturated carbocycles. The van der Waals surface area contributed by atoms with Gasteiger partial charge in [0.2, 0.25) is 0 Å². The molecule has 0 aliphatic carbocycles. The van der Waals surface area contributed by atoms with Crippen LogP contribution in [0.25, 0.3) is 11.4 Å². The van der Waals surface area contributed by atoms with E-state index in [-0.39, 0.29) is 11.5 Å². The molecule has 2 atom stereocenters. The summed E-state index contributed by atoms with van der Waals surface area (Å²) in [6, 6.07) is 5.71.